The van der Waals surface area contributed by atoms with E-state index in [1.807, 2.05) is 0 Å². The number of fused-ring (bicyclic) bond motifs is 1. The molecule has 0 aliphatic heterocycles. The van der Waals surface area contributed by atoms with Gasteiger partial charge < -0.3 is 15.8 Å². The van der Waals surface area contributed by atoms with Gasteiger partial charge in [-0.3, -0.25) is 4.40 Å². The number of anilines is 3. The fraction of sp³-hybridized carbons (Fsp3) is 0.105. The Bertz CT molecular complexity index is 1170. The van der Waals surface area contributed by atoms with Gasteiger partial charge in [0.1, 0.15) is 28.6 Å². The molecule has 0 unspecified atom stereocenters. The second-order valence-corrected chi connectivity index (χ2v) is 6.08. The molecule has 3 heterocycles. The average molecular weight is 400 g/mol. The minimum absolute atomic E-state index is 0.116. The molecule has 3 aromatic heterocycles. The molecule has 148 valence electrons. The molecule has 0 atom stereocenters. The number of nitrogens with zero attached hydrogens (tertiary/aromatic N) is 4. The Hall–Kier alpha value is -3.82. The summed E-state index contributed by atoms with van der Waals surface area (Å²) in [4.78, 5) is 12.0. The van der Waals surface area contributed by atoms with Crippen LogP contribution in [0.5, 0.6) is 5.75 Å². The second kappa shape index (κ2) is 6.97. The summed E-state index contributed by atoms with van der Waals surface area (Å²) >= 11 is 0. The summed E-state index contributed by atoms with van der Waals surface area (Å²) in [6.45, 7) is 0. The first-order valence-electron chi connectivity index (χ1n) is 8.45. The van der Waals surface area contributed by atoms with Gasteiger partial charge in [0.2, 0.25) is 0 Å². The highest BCUT2D eigenvalue weighted by Gasteiger charge is 2.39. The van der Waals surface area contributed by atoms with E-state index in [-0.39, 0.29) is 28.7 Å². The summed E-state index contributed by atoms with van der Waals surface area (Å²) in [5.74, 6) is 0.764. The van der Waals surface area contributed by atoms with E-state index in [2.05, 4.69) is 20.3 Å². The molecule has 4 rings (SSSR count). The number of halogens is 3. The highest BCUT2D eigenvalue weighted by atomic mass is 19.4. The molecule has 0 bridgehead atoms. The van der Waals surface area contributed by atoms with Gasteiger partial charge in [-0.2, -0.15) is 13.2 Å². The SMILES string of the molecule is COc1ccc(Nc2cnc(N)c(-c3c(C(F)(F)F)nc4ccccn34)n2)cc1. The molecule has 0 aliphatic carbocycles. The maximum Gasteiger partial charge on any atom is 0.435 e. The van der Waals surface area contributed by atoms with Crippen LogP contribution in [0.3, 0.4) is 0 Å². The van der Waals surface area contributed by atoms with Crippen LogP contribution in [0.15, 0.2) is 54.9 Å². The van der Waals surface area contributed by atoms with Crippen LogP contribution in [0.4, 0.5) is 30.5 Å². The highest BCUT2D eigenvalue weighted by molar-refractivity contribution is 5.74. The van der Waals surface area contributed by atoms with Crippen LogP contribution in [-0.4, -0.2) is 26.5 Å². The van der Waals surface area contributed by atoms with Gasteiger partial charge in [-0.25, -0.2) is 15.0 Å². The minimum Gasteiger partial charge on any atom is -0.497 e. The molecular weight excluding hydrogens is 385 g/mol. The third-order valence-electron chi connectivity index (χ3n) is 4.19. The maximum atomic E-state index is 13.6. The van der Waals surface area contributed by atoms with Crippen molar-refractivity contribution in [1.29, 1.82) is 0 Å². The van der Waals surface area contributed by atoms with Gasteiger partial charge in [-0.1, -0.05) is 6.07 Å². The zero-order chi connectivity index (χ0) is 20.6. The standard InChI is InChI=1S/C19H15F3N6O/c1-29-12-7-5-11(6-8-12)25-13-10-24-18(23)15(26-13)16-17(19(20,21)22)27-14-4-2-3-9-28(14)16/h2-10H,1H3,(H2,23,24)(H,25,26). The number of rotatable bonds is 4. The number of aromatic nitrogens is 4. The predicted octanol–water partition coefficient (Wildman–Crippen LogP) is 4.14. The van der Waals surface area contributed by atoms with Crippen molar-refractivity contribution in [2.75, 3.05) is 18.2 Å². The van der Waals surface area contributed by atoms with Gasteiger partial charge in [-0.05, 0) is 36.4 Å². The largest absolute Gasteiger partial charge is 0.497 e. The van der Waals surface area contributed by atoms with Crippen LogP contribution in [0, 0.1) is 0 Å². The first-order valence-corrected chi connectivity index (χ1v) is 8.45. The summed E-state index contributed by atoms with van der Waals surface area (Å²) < 4.78 is 47.3. The van der Waals surface area contributed by atoms with E-state index in [1.54, 1.807) is 43.5 Å². The molecule has 0 aliphatic rings. The number of nitrogens with two attached hydrogens (primary N) is 1. The number of alkyl halides is 3. The molecule has 4 aromatic rings. The number of methoxy groups -OCH3 is 1. The Kier molecular flexibility index (Phi) is 4.45. The fourth-order valence-electron chi connectivity index (χ4n) is 2.87. The Morgan fingerprint density at radius 2 is 1.83 bits per heavy atom. The number of benzene rings is 1. The van der Waals surface area contributed by atoms with Crippen molar-refractivity contribution in [2.24, 2.45) is 0 Å². The summed E-state index contributed by atoms with van der Waals surface area (Å²) in [6.07, 6.45) is -1.87. The van der Waals surface area contributed by atoms with Gasteiger partial charge in [0.05, 0.1) is 13.3 Å². The van der Waals surface area contributed by atoms with Crippen molar-refractivity contribution in [2.45, 2.75) is 6.18 Å². The summed E-state index contributed by atoms with van der Waals surface area (Å²) in [5.41, 5.74) is 5.21. The Morgan fingerprint density at radius 3 is 2.52 bits per heavy atom. The highest BCUT2D eigenvalue weighted by Crippen LogP contribution is 2.38. The Morgan fingerprint density at radius 1 is 1.07 bits per heavy atom. The Labute approximate surface area is 163 Å². The number of nitrogen functional groups attached to an aromatic ring is 1. The number of hydrogen-bond acceptors (Lipinski definition) is 6. The molecule has 0 saturated carbocycles. The van der Waals surface area contributed by atoms with Crippen molar-refractivity contribution in [3.05, 3.63) is 60.6 Å². The maximum absolute atomic E-state index is 13.6. The molecule has 0 spiro atoms. The first kappa shape index (κ1) is 18.5. The van der Waals surface area contributed by atoms with Crippen molar-refractivity contribution in [3.63, 3.8) is 0 Å². The van der Waals surface area contributed by atoms with E-state index < -0.39 is 11.9 Å². The van der Waals surface area contributed by atoms with E-state index in [0.29, 0.717) is 11.4 Å². The van der Waals surface area contributed by atoms with Crippen LogP contribution >= 0.6 is 0 Å². The third-order valence-corrected chi connectivity index (χ3v) is 4.19. The normalized spacial score (nSPS) is 11.6. The lowest BCUT2D eigenvalue weighted by Crippen LogP contribution is -2.10. The molecular formula is C19H15F3N6O. The third kappa shape index (κ3) is 3.51. The van der Waals surface area contributed by atoms with Gasteiger partial charge in [0.25, 0.3) is 0 Å². The average Bonchev–Trinajstić information content (AvgIpc) is 3.10. The van der Waals surface area contributed by atoms with E-state index in [1.165, 1.54) is 22.9 Å². The quantitative estimate of drug-likeness (QED) is 0.535. The number of nitrogens with one attached hydrogen (secondary N) is 1. The summed E-state index contributed by atoms with van der Waals surface area (Å²) in [6, 6.07) is 11.6. The smallest absolute Gasteiger partial charge is 0.435 e. The molecule has 1 aromatic carbocycles. The van der Waals surface area contributed by atoms with Crippen LogP contribution in [0.25, 0.3) is 17.0 Å². The molecule has 0 fully saturated rings. The number of imidazole rings is 1. The summed E-state index contributed by atoms with van der Waals surface area (Å²) in [7, 11) is 1.55. The molecule has 0 amide bonds. The first-order chi connectivity index (χ1) is 13.9. The molecule has 10 heteroatoms. The van der Waals surface area contributed by atoms with Gasteiger partial charge >= 0.3 is 6.18 Å². The van der Waals surface area contributed by atoms with Crippen LogP contribution in [0.2, 0.25) is 0 Å². The molecule has 7 nitrogen and oxygen atoms in total. The van der Waals surface area contributed by atoms with Crippen molar-refractivity contribution in [1.82, 2.24) is 19.4 Å². The zero-order valence-corrected chi connectivity index (χ0v) is 15.1. The van der Waals surface area contributed by atoms with Gasteiger partial charge in [0, 0.05) is 11.9 Å². The number of pyridine rings is 1. The van der Waals surface area contributed by atoms with Gasteiger partial charge in [-0.15, -0.1) is 0 Å². The minimum atomic E-state index is -4.69. The lowest BCUT2D eigenvalue weighted by atomic mass is 10.2. The number of hydrogen-bond donors (Lipinski definition) is 2. The van der Waals surface area contributed by atoms with E-state index >= 15 is 0 Å². The summed E-state index contributed by atoms with van der Waals surface area (Å²) in [5, 5.41) is 3.00. The lowest BCUT2D eigenvalue weighted by molar-refractivity contribution is -0.140. The van der Waals surface area contributed by atoms with E-state index in [4.69, 9.17) is 10.5 Å². The van der Waals surface area contributed by atoms with Crippen molar-refractivity contribution in [3.8, 4) is 17.1 Å². The molecule has 3 N–H and O–H groups in total. The van der Waals surface area contributed by atoms with E-state index in [9.17, 15) is 13.2 Å². The molecule has 0 radical (unpaired) electrons. The topological polar surface area (TPSA) is 90.4 Å². The Balaban J connectivity index is 1.82. The molecule has 29 heavy (non-hydrogen) atoms. The zero-order valence-electron chi connectivity index (χ0n) is 15.1. The second-order valence-electron chi connectivity index (χ2n) is 6.08. The van der Waals surface area contributed by atoms with Crippen LogP contribution < -0.4 is 15.8 Å². The van der Waals surface area contributed by atoms with Crippen molar-refractivity contribution >= 4 is 23.0 Å². The van der Waals surface area contributed by atoms with Crippen molar-refractivity contribution < 1.29 is 17.9 Å². The predicted molar refractivity (Wildman–Crippen MR) is 102 cm³/mol. The van der Waals surface area contributed by atoms with Crippen LogP contribution in [-0.2, 0) is 6.18 Å². The fourth-order valence-corrected chi connectivity index (χ4v) is 2.87. The van der Waals surface area contributed by atoms with Gasteiger partial charge in [0.15, 0.2) is 11.5 Å². The van der Waals surface area contributed by atoms with E-state index in [0.717, 1.165) is 0 Å². The number of ether oxygens (including phenoxy) is 1. The molecule has 0 saturated heterocycles. The monoisotopic (exact) mass is 400 g/mol. The van der Waals surface area contributed by atoms with Crippen LogP contribution in [0.1, 0.15) is 5.69 Å². The lowest BCUT2D eigenvalue weighted by Gasteiger charge is -2.12.